The van der Waals surface area contributed by atoms with Crippen LogP contribution in [0, 0.1) is 5.82 Å². The summed E-state index contributed by atoms with van der Waals surface area (Å²) in [5, 5.41) is 0. The molecule has 0 N–H and O–H groups in total. The van der Waals surface area contributed by atoms with Crippen molar-refractivity contribution in [2.75, 3.05) is 0 Å². The van der Waals surface area contributed by atoms with Gasteiger partial charge in [-0.05, 0) is 41.1 Å². The summed E-state index contributed by atoms with van der Waals surface area (Å²) >= 11 is 3.25. The van der Waals surface area contributed by atoms with Crippen LogP contribution in [0.3, 0.4) is 0 Å². The standard InChI is InChI=1S/C13H9BrFNO2/c1-8(17)13-11(15)3-2-4-12(13)18-10-5-9(14)6-16-7-10/h2-7H,1H3. The van der Waals surface area contributed by atoms with E-state index in [0.717, 1.165) is 4.47 Å². The summed E-state index contributed by atoms with van der Waals surface area (Å²) in [4.78, 5) is 15.3. The predicted molar refractivity (Wildman–Crippen MR) is 68.4 cm³/mol. The first kappa shape index (κ1) is 12.7. The van der Waals surface area contributed by atoms with E-state index in [1.54, 1.807) is 18.3 Å². The number of ether oxygens (including phenoxy) is 1. The third-order valence-electron chi connectivity index (χ3n) is 2.24. The van der Waals surface area contributed by atoms with Crippen LogP contribution < -0.4 is 4.74 Å². The number of pyridine rings is 1. The third kappa shape index (κ3) is 2.73. The van der Waals surface area contributed by atoms with Crippen LogP contribution >= 0.6 is 15.9 Å². The number of halogens is 2. The molecule has 18 heavy (non-hydrogen) atoms. The topological polar surface area (TPSA) is 39.2 Å². The Labute approximate surface area is 112 Å². The Balaban J connectivity index is 2.40. The molecule has 0 saturated heterocycles. The second-order valence-corrected chi connectivity index (χ2v) is 4.53. The fourth-order valence-corrected chi connectivity index (χ4v) is 1.85. The number of carbonyl (C=O) groups is 1. The zero-order chi connectivity index (χ0) is 13.1. The summed E-state index contributed by atoms with van der Waals surface area (Å²) in [5.41, 5.74) is -0.0579. The molecule has 0 radical (unpaired) electrons. The number of benzene rings is 1. The number of carbonyl (C=O) groups excluding carboxylic acids is 1. The molecular formula is C13H9BrFNO2. The smallest absolute Gasteiger partial charge is 0.166 e. The Morgan fingerprint density at radius 3 is 2.83 bits per heavy atom. The molecule has 1 aromatic heterocycles. The largest absolute Gasteiger partial charge is 0.455 e. The van der Waals surface area contributed by atoms with Gasteiger partial charge in [0.2, 0.25) is 0 Å². The molecule has 1 heterocycles. The second-order valence-electron chi connectivity index (χ2n) is 3.61. The summed E-state index contributed by atoms with van der Waals surface area (Å²) in [7, 11) is 0. The number of hydrogen-bond donors (Lipinski definition) is 0. The van der Waals surface area contributed by atoms with Crippen LogP contribution in [0.1, 0.15) is 17.3 Å². The molecule has 1 aromatic carbocycles. The van der Waals surface area contributed by atoms with E-state index in [0.29, 0.717) is 5.75 Å². The molecule has 0 spiro atoms. The highest BCUT2D eigenvalue weighted by molar-refractivity contribution is 9.10. The van der Waals surface area contributed by atoms with Crippen molar-refractivity contribution in [1.29, 1.82) is 0 Å². The lowest BCUT2D eigenvalue weighted by molar-refractivity contribution is 0.101. The van der Waals surface area contributed by atoms with Gasteiger partial charge in [0.15, 0.2) is 5.78 Å². The molecule has 0 atom stereocenters. The number of aromatic nitrogens is 1. The van der Waals surface area contributed by atoms with Gasteiger partial charge in [-0.2, -0.15) is 0 Å². The van der Waals surface area contributed by atoms with Crippen LogP contribution in [-0.4, -0.2) is 10.8 Å². The predicted octanol–water partition coefficient (Wildman–Crippen LogP) is 3.98. The van der Waals surface area contributed by atoms with Gasteiger partial charge in [-0.25, -0.2) is 4.39 Å². The lowest BCUT2D eigenvalue weighted by Crippen LogP contribution is -2.00. The van der Waals surface area contributed by atoms with Crippen molar-refractivity contribution in [3.8, 4) is 11.5 Å². The quantitative estimate of drug-likeness (QED) is 0.805. The number of rotatable bonds is 3. The Kier molecular flexibility index (Phi) is 3.72. The van der Waals surface area contributed by atoms with Crippen LogP contribution in [0.5, 0.6) is 11.5 Å². The molecule has 92 valence electrons. The molecule has 0 fully saturated rings. The van der Waals surface area contributed by atoms with E-state index in [2.05, 4.69) is 20.9 Å². The summed E-state index contributed by atoms with van der Waals surface area (Å²) in [5.74, 6) is -0.367. The Morgan fingerprint density at radius 1 is 1.39 bits per heavy atom. The van der Waals surface area contributed by atoms with Gasteiger partial charge in [-0.1, -0.05) is 6.07 Å². The first-order chi connectivity index (χ1) is 8.58. The fraction of sp³-hybridized carbons (Fsp3) is 0.0769. The lowest BCUT2D eigenvalue weighted by Gasteiger charge is -2.09. The minimum atomic E-state index is -0.594. The van der Waals surface area contributed by atoms with E-state index in [9.17, 15) is 9.18 Å². The zero-order valence-electron chi connectivity index (χ0n) is 9.48. The maximum absolute atomic E-state index is 13.6. The average molecular weight is 310 g/mol. The molecule has 5 heteroatoms. The first-order valence-corrected chi connectivity index (χ1v) is 5.95. The Morgan fingerprint density at radius 2 is 2.17 bits per heavy atom. The maximum atomic E-state index is 13.6. The maximum Gasteiger partial charge on any atom is 0.166 e. The van der Waals surface area contributed by atoms with Crippen LogP contribution in [0.15, 0.2) is 41.1 Å². The van der Waals surface area contributed by atoms with Crippen LogP contribution in [0.4, 0.5) is 4.39 Å². The van der Waals surface area contributed by atoms with Crippen molar-refractivity contribution in [2.24, 2.45) is 0 Å². The van der Waals surface area contributed by atoms with Crippen molar-refractivity contribution >= 4 is 21.7 Å². The van der Waals surface area contributed by atoms with Crippen LogP contribution in [0.2, 0.25) is 0 Å². The van der Waals surface area contributed by atoms with E-state index in [-0.39, 0.29) is 17.1 Å². The lowest BCUT2D eigenvalue weighted by atomic mass is 10.1. The van der Waals surface area contributed by atoms with Gasteiger partial charge >= 0.3 is 0 Å². The summed E-state index contributed by atoms with van der Waals surface area (Å²) in [6.45, 7) is 1.30. The monoisotopic (exact) mass is 309 g/mol. The van der Waals surface area contributed by atoms with Crippen LogP contribution in [-0.2, 0) is 0 Å². The molecular weight excluding hydrogens is 301 g/mol. The number of nitrogens with zero attached hydrogens (tertiary/aromatic N) is 1. The molecule has 0 aliphatic rings. The fourth-order valence-electron chi connectivity index (χ4n) is 1.51. The van der Waals surface area contributed by atoms with Gasteiger partial charge in [0.25, 0.3) is 0 Å². The summed E-state index contributed by atoms with van der Waals surface area (Å²) < 4.78 is 19.8. The molecule has 2 aromatic rings. The van der Waals surface area contributed by atoms with E-state index < -0.39 is 5.82 Å². The van der Waals surface area contributed by atoms with Crippen molar-refractivity contribution in [1.82, 2.24) is 4.98 Å². The highest BCUT2D eigenvalue weighted by Crippen LogP contribution is 2.28. The van der Waals surface area contributed by atoms with Crippen molar-refractivity contribution in [2.45, 2.75) is 6.92 Å². The number of ketones is 1. The average Bonchev–Trinajstić information content (AvgIpc) is 2.28. The van der Waals surface area contributed by atoms with Gasteiger partial charge in [0.05, 0.1) is 11.8 Å². The molecule has 3 nitrogen and oxygen atoms in total. The van der Waals surface area contributed by atoms with E-state index >= 15 is 0 Å². The summed E-state index contributed by atoms with van der Waals surface area (Å²) in [6.07, 6.45) is 3.09. The first-order valence-electron chi connectivity index (χ1n) is 5.16. The molecule has 2 rings (SSSR count). The van der Waals surface area contributed by atoms with E-state index in [4.69, 9.17) is 4.74 Å². The molecule has 0 aliphatic heterocycles. The minimum absolute atomic E-state index is 0.0579. The van der Waals surface area contributed by atoms with Crippen molar-refractivity contribution < 1.29 is 13.9 Å². The zero-order valence-corrected chi connectivity index (χ0v) is 11.1. The molecule has 0 amide bonds. The number of Topliss-reactive ketones (excluding diaryl/α,β-unsaturated/α-hetero) is 1. The molecule has 0 bridgehead atoms. The second kappa shape index (κ2) is 5.27. The molecule has 0 unspecified atom stereocenters. The van der Waals surface area contributed by atoms with Gasteiger partial charge in [0, 0.05) is 10.7 Å². The normalized spacial score (nSPS) is 10.2. The van der Waals surface area contributed by atoms with Gasteiger partial charge in [-0.15, -0.1) is 0 Å². The Hall–Kier alpha value is -1.75. The summed E-state index contributed by atoms with van der Waals surface area (Å²) in [6, 6.07) is 5.94. The highest BCUT2D eigenvalue weighted by Gasteiger charge is 2.14. The minimum Gasteiger partial charge on any atom is -0.455 e. The highest BCUT2D eigenvalue weighted by atomic mass is 79.9. The SMILES string of the molecule is CC(=O)c1c(F)cccc1Oc1cncc(Br)c1. The Bertz CT molecular complexity index is 601. The molecule has 0 aliphatic carbocycles. The van der Waals surface area contributed by atoms with Gasteiger partial charge < -0.3 is 4.74 Å². The van der Waals surface area contributed by atoms with Crippen LogP contribution in [0.25, 0.3) is 0 Å². The van der Waals surface area contributed by atoms with Gasteiger partial charge in [0.1, 0.15) is 17.3 Å². The van der Waals surface area contributed by atoms with Crippen molar-refractivity contribution in [3.63, 3.8) is 0 Å². The van der Waals surface area contributed by atoms with E-state index in [1.807, 2.05) is 0 Å². The number of hydrogen-bond acceptors (Lipinski definition) is 3. The third-order valence-corrected chi connectivity index (χ3v) is 2.67. The van der Waals surface area contributed by atoms with E-state index in [1.165, 1.54) is 25.3 Å². The van der Waals surface area contributed by atoms with Gasteiger partial charge in [-0.3, -0.25) is 9.78 Å². The van der Waals surface area contributed by atoms with Crippen molar-refractivity contribution in [3.05, 3.63) is 52.5 Å². The molecule has 0 saturated carbocycles.